The minimum absolute atomic E-state index is 0.246. The average molecular weight is 917 g/mol. The summed E-state index contributed by atoms with van der Waals surface area (Å²) >= 11 is 0. The van der Waals surface area contributed by atoms with Crippen molar-refractivity contribution < 1.29 is 8.83 Å². The molecule has 0 aliphatic rings. The Balaban J connectivity index is 1.10. The molecule has 0 spiro atoms. The molecule has 2 heterocycles. The van der Waals surface area contributed by atoms with Crippen LogP contribution in [0.15, 0.2) is 154 Å². The molecule has 0 amide bonds. The van der Waals surface area contributed by atoms with Crippen LogP contribution in [0.2, 0.25) is 0 Å². The van der Waals surface area contributed by atoms with Crippen LogP contribution in [-0.2, 0) is 0 Å². The molecule has 0 saturated carbocycles. The molecule has 4 nitrogen and oxygen atoms in total. The van der Waals surface area contributed by atoms with Gasteiger partial charge in [0.25, 0.3) is 0 Å². The van der Waals surface area contributed by atoms with Crippen molar-refractivity contribution in [1.29, 1.82) is 0 Å². The van der Waals surface area contributed by atoms with Crippen LogP contribution in [-0.4, -0.2) is 0 Å². The first-order valence-electron chi connectivity index (χ1n) is 25.3. The number of nitrogens with zero attached hydrogens (tertiary/aromatic N) is 2. The van der Waals surface area contributed by atoms with E-state index in [1.54, 1.807) is 0 Å². The van der Waals surface area contributed by atoms with E-state index in [0.717, 1.165) is 88.8 Å². The third-order valence-electron chi connectivity index (χ3n) is 14.5. The maximum absolute atomic E-state index is 7.14. The van der Waals surface area contributed by atoms with Crippen molar-refractivity contribution in [2.75, 3.05) is 9.80 Å². The molecule has 9 aromatic carbocycles. The molecule has 11 rings (SSSR count). The van der Waals surface area contributed by atoms with Gasteiger partial charge in [0, 0.05) is 55.7 Å². The maximum Gasteiger partial charge on any atom is 0.178 e. The zero-order valence-electron chi connectivity index (χ0n) is 42.9. The highest BCUT2D eigenvalue weighted by atomic mass is 16.4. The number of benzene rings is 9. The van der Waals surface area contributed by atoms with Gasteiger partial charge in [0.15, 0.2) is 11.2 Å². The van der Waals surface area contributed by atoms with E-state index in [2.05, 4.69) is 238 Å². The fourth-order valence-electron chi connectivity index (χ4n) is 11.3. The molecule has 0 N–H and O–H groups in total. The molecule has 2 aromatic heterocycles. The second-order valence-corrected chi connectivity index (χ2v) is 21.4. The van der Waals surface area contributed by atoms with Crippen molar-refractivity contribution in [2.24, 2.45) is 0 Å². The zero-order valence-corrected chi connectivity index (χ0v) is 42.9. The Bertz CT molecular complexity index is 3530. The normalized spacial score (nSPS) is 12.2. The van der Waals surface area contributed by atoms with Crippen LogP contribution in [0, 0.1) is 27.7 Å². The molecule has 0 fully saturated rings. The van der Waals surface area contributed by atoms with Gasteiger partial charge in [-0.2, -0.15) is 0 Å². The summed E-state index contributed by atoms with van der Waals surface area (Å²) in [5.74, 6) is 1.41. The van der Waals surface area contributed by atoms with Crippen LogP contribution >= 0.6 is 0 Å². The first kappa shape index (κ1) is 45.2. The number of rotatable bonds is 10. The van der Waals surface area contributed by atoms with Gasteiger partial charge >= 0.3 is 0 Å². The van der Waals surface area contributed by atoms with Gasteiger partial charge in [-0.05, 0) is 214 Å². The van der Waals surface area contributed by atoms with Crippen molar-refractivity contribution in [3.63, 3.8) is 0 Å². The van der Waals surface area contributed by atoms with Crippen LogP contribution in [0.3, 0.4) is 0 Å². The van der Waals surface area contributed by atoms with E-state index in [1.807, 2.05) is 0 Å². The van der Waals surface area contributed by atoms with Crippen LogP contribution < -0.4 is 9.80 Å². The monoisotopic (exact) mass is 916 g/mol. The van der Waals surface area contributed by atoms with Crippen LogP contribution in [0.5, 0.6) is 0 Å². The van der Waals surface area contributed by atoms with Gasteiger partial charge in [-0.1, -0.05) is 104 Å². The molecule has 0 aliphatic heterocycles. The van der Waals surface area contributed by atoms with E-state index in [1.165, 1.54) is 55.3 Å². The van der Waals surface area contributed by atoms with Crippen LogP contribution in [0.1, 0.15) is 124 Å². The average Bonchev–Trinajstić information content (AvgIpc) is 3.87. The molecular formula is C66H64N2O2. The lowest BCUT2D eigenvalue weighted by atomic mass is 9.84. The first-order valence-corrected chi connectivity index (χ1v) is 25.3. The van der Waals surface area contributed by atoms with Gasteiger partial charge in [0.1, 0.15) is 11.2 Å². The summed E-state index contributed by atoms with van der Waals surface area (Å²) in [6.45, 7) is 27.0. The molecule has 350 valence electrons. The summed E-state index contributed by atoms with van der Waals surface area (Å²) in [5.41, 5.74) is 20.4. The standard InChI is InChI=1S/C66H64N2O2/c1-37(2)45-13-19-51(20-14-45)67(55-27-41(9)25-42(10)28-55)53-23-17-47-33-57-59(35-49(47)31-53)69-65-63(57)61(39(5)6)62(40(7)8)64-58-34-48-18-24-54(32-50(48)36-60(58)70-66(64)65)68(56-29-43(11)26-44(12)30-56)52-21-15-46(16-22-52)38(3)4/h13-40H,1-12H3. The smallest absolute Gasteiger partial charge is 0.178 e. The molecule has 0 unspecified atom stereocenters. The molecular weight excluding hydrogens is 853 g/mol. The fraction of sp³-hybridized carbons (Fsp3) is 0.242. The molecule has 70 heavy (non-hydrogen) atoms. The van der Waals surface area contributed by atoms with E-state index in [9.17, 15) is 0 Å². The predicted octanol–water partition coefficient (Wildman–Crippen LogP) is 20.5. The lowest BCUT2D eigenvalue weighted by Gasteiger charge is -2.27. The van der Waals surface area contributed by atoms with Gasteiger partial charge in [-0.15, -0.1) is 0 Å². The Morgan fingerprint density at radius 3 is 0.986 bits per heavy atom. The van der Waals surface area contributed by atoms with E-state index >= 15 is 0 Å². The number of aryl methyl sites for hydroxylation is 4. The zero-order chi connectivity index (χ0) is 48.9. The third kappa shape index (κ3) is 7.79. The maximum atomic E-state index is 7.14. The van der Waals surface area contributed by atoms with E-state index < -0.39 is 0 Å². The van der Waals surface area contributed by atoms with E-state index in [0.29, 0.717) is 11.8 Å². The Morgan fingerprint density at radius 2 is 0.657 bits per heavy atom. The number of anilines is 6. The van der Waals surface area contributed by atoms with E-state index in [-0.39, 0.29) is 11.8 Å². The highest BCUT2D eigenvalue weighted by Crippen LogP contribution is 2.50. The minimum atomic E-state index is 0.246. The Kier molecular flexibility index (Phi) is 11.1. The minimum Gasteiger partial charge on any atom is -0.452 e. The third-order valence-corrected chi connectivity index (χ3v) is 14.5. The van der Waals surface area contributed by atoms with Crippen molar-refractivity contribution in [1.82, 2.24) is 0 Å². The quantitative estimate of drug-likeness (QED) is 0.137. The highest BCUT2D eigenvalue weighted by Gasteiger charge is 2.28. The van der Waals surface area contributed by atoms with Gasteiger partial charge in [-0.3, -0.25) is 0 Å². The first-order chi connectivity index (χ1) is 33.6. The lowest BCUT2D eigenvalue weighted by Crippen LogP contribution is -2.10. The summed E-state index contributed by atoms with van der Waals surface area (Å²) in [7, 11) is 0. The van der Waals surface area contributed by atoms with Crippen LogP contribution in [0.25, 0.3) is 65.4 Å². The SMILES string of the molecule is Cc1cc(C)cc(N(c2ccc(C(C)C)cc2)c2ccc3cc4c(cc3c2)oc2c3oc5cc6cc(N(c7ccc(C(C)C)cc7)c7cc(C)cc(C)c7)ccc6cc5c3c(C(C)C)c(C(C)C)c42)c1. The second kappa shape index (κ2) is 17.3. The molecule has 0 atom stereocenters. The summed E-state index contributed by atoms with van der Waals surface area (Å²) in [5, 5.41) is 9.17. The number of hydrogen-bond acceptors (Lipinski definition) is 4. The van der Waals surface area contributed by atoms with Gasteiger partial charge in [0.2, 0.25) is 0 Å². The van der Waals surface area contributed by atoms with Crippen molar-refractivity contribution in [3.8, 4) is 0 Å². The van der Waals surface area contributed by atoms with Gasteiger partial charge in [-0.25, -0.2) is 0 Å². The topological polar surface area (TPSA) is 32.8 Å². The Labute approximate surface area is 413 Å². The molecule has 4 heteroatoms. The second-order valence-electron chi connectivity index (χ2n) is 21.4. The summed E-state index contributed by atoms with van der Waals surface area (Å²) < 4.78 is 14.3. The van der Waals surface area contributed by atoms with E-state index in [4.69, 9.17) is 8.83 Å². The lowest BCUT2D eigenvalue weighted by molar-refractivity contribution is 0.632. The Hall–Kier alpha value is -7.30. The number of hydrogen-bond donors (Lipinski definition) is 0. The van der Waals surface area contributed by atoms with Crippen molar-refractivity contribution in [3.05, 3.63) is 190 Å². The molecule has 0 radical (unpaired) electrons. The molecule has 11 aromatic rings. The summed E-state index contributed by atoms with van der Waals surface area (Å²) in [4.78, 5) is 4.77. The van der Waals surface area contributed by atoms with Crippen LogP contribution in [0.4, 0.5) is 34.1 Å². The van der Waals surface area contributed by atoms with Gasteiger partial charge < -0.3 is 18.6 Å². The number of furan rings is 2. The predicted molar refractivity (Wildman–Crippen MR) is 301 cm³/mol. The molecule has 0 saturated heterocycles. The van der Waals surface area contributed by atoms with Crippen molar-refractivity contribution >= 4 is 99.5 Å². The fourth-order valence-corrected chi connectivity index (χ4v) is 11.3. The summed E-state index contributed by atoms with van der Waals surface area (Å²) in [6.07, 6.45) is 0. The van der Waals surface area contributed by atoms with Crippen molar-refractivity contribution in [2.45, 2.75) is 107 Å². The van der Waals surface area contributed by atoms with Gasteiger partial charge in [0.05, 0.1) is 0 Å². The molecule has 0 aliphatic carbocycles. The summed E-state index contributed by atoms with van der Waals surface area (Å²) in [6, 6.07) is 54.6. The number of fused-ring (bicyclic) bond motifs is 9. The highest BCUT2D eigenvalue weighted by molar-refractivity contribution is 6.24. The largest absolute Gasteiger partial charge is 0.452 e. The molecule has 0 bridgehead atoms. The Morgan fingerprint density at radius 1 is 0.314 bits per heavy atom.